The Morgan fingerprint density at radius 2 is 2.29 bits per heavy atom. The normalized spacial score (nSPS) is 19.9. The van der Waals surface area contributed by atoms with E-state index in [0.717, 1.165) is 0 Å². The van der Waals surface area contributed by atoms with E-state index in [1.54, 1.807) is 0 Å². The van der Waals surface area contributed by atoms with E-state index >= 15 is 0 Å². The number of rotatable bonds is 2. The average Bonchev–Trinajstić information content (AvgIpc) is 2.27. The molecular weight excluding hydrogens is 290 g/mol. The number of nitrogens with zero attached hydrogens (tertiary/aromatic N) is 2. The SMILES string of the molecule is Nc1ncc(Br)c(NC2CCC(=O)NC2=O)n1. The molecule has 1 atom stereocenters. The molecule has 1 fully saturated rings. The maximum absolute atomic E-state index is 11.5. The second-order valence-corrected chi connectivity index (χ2v) is 4.43. The molecule has 2 heterocycles. The molecule has 0 radical (unpaired) electrons. The van der Waals surface area contributed by atoms with E-state index in [9.17, 15) is 9.59 Å². The first-order valence-electron chi connectivity index (χ1n) is 4.94. The summed E-state index contributed by atoms with van der Waals surface area (Å²) in [5.41, 5.74) is 5.45. The molecule has 7 nitrogen and oxygen atoms in total. The number of hydrogen-bond donors (Lipinski definition) is 3. The molecule has 0 bridgehead atoms. The van der Waals surface area contributed by atoms with Gasteiger partial charge in [0.2, 0.25) is 17.8 Å². The van der Waals surface area contributed by atoms with Gasteiger partial charge in [0, 0.05) is 12.6 Å². The number of imide groups is 1. The summed E-state index contributed by atoms with van der Waals surface area (Å²) in [5, 5.41) is 5.17. The summed E-state index contributed by atoms with van der Waals surface area (Å²) < 4.78 is 0.608. The van der Waals surface area contributed by atoms with Crippen molar-refractivity contribution in [1.29, 1.82) is 0 Å². The maximum Gasteiger partial charge on any atom is 0.249 e. The highest BCUT2D eigenvalue weighted by Gasteiger charge is 2.27. The van der Waals surface area contributed by atoms with Crippen molar-refractivity contribution in [3.8, 4) is 0 Å². The molecule has 1 aromatic heterocycles. The van der Waals surface area contributed by atoms with Crippen LogP contribution in [-0.2, 0) is 9.59 Å². The molecule has 2 rings (SSSR count). The van der Waals surface area contributed by atoms with Crippen molar-refractivity contribution in [2.24, 2.45) is 0 Å². The van der Waals surface area contributed by atoms with Crippen molar-refractivity contribution >= 4 is 39.5 Å². The van der Waals surface area contributed by atoms with Gasteiger partial charge in [-0.1, -0.05) is 0 Å². The van der Waals surface area contributed by atoms with Crippen LogP contribution in [-0.4, -0.2) is 27.8 Å². The van der Waals surface area contributed by atoms with E-state index in [2.05, 4.69) is 36.5 Å². The minimum atomic E-state index is -0.488. The second kappa shape index (κ2) is 4.66. The van der Waals surface area contributed by atoms with E-state index in [1.165, 1.54) is 6.20 Å². The maximum atomic E-state index is 11.5. The summed E-state index contributed by atoms with van der Waals surface area (Å²) >= 11 is 3.25. The highest BCUT2D eigenvalue weighted by Crippen LogP contribution is 2.21. The number of nitrogens with two attached hydrogens (primary N) is 1. The smallest absolute Gasteiger partial charge is 0.249 e. The van der Waals surface area contributed by atoms with Gasteiger partial charge in [0.15, 0.2) is 0 Å². The van der Waals surface area contributed by atoms with Crippen LogP contribution < -0.4 is 16.4 Å². The van der Waals surface area contributed by atoms with Gasteiger partial charge in [-0.15, -0.1) is 0 Å². The van der Waals surface area contributed by atoms with Gasteiger partial charge in [-0.2, -0.15) is 4.98 Å². The molecule has 0 aromatic carbocycles. The van der Waals surface area contributed by atoms with E-state index in [-0.39, 0.29) is 17.8 Å². The van der Waals surface area contributed by atoms with E-state index in [4.69, 9.17) is 5.73 Å². The number of aromatic nitrogens is 2. The van der Waals surface area contributed by atoms with E-state index in [0.29, 0.717) is 23.1 Å². The highest BCUT2D eigenvalue weighted by atomic mass is 79.9. The number of carbonyl (C=O) groups is 2. The Morgan fingerprint density at radius 1 is 1.53 bits per heavy atom. The van der Waals surface area contributed by atoms with Crippen LogP contribution in [0, 0.1) is 0 Å². The summed E-state index contributed by atoms with van der Waals surface area (Å²) in [5.74, 6) is -0.0605. The first-order chi connectivity index (χ1) is 8.06. The molecule has 90 valence electrons. The standard InChI is InChI=1S/C9H10BrN5O2/c10-4-3-12-9(11)15-7(4)13-5-1-2-6(16)14-8(5)17/h3,5H,1-2H2,(H,14,16,17)(H3,11,12,13,15). The topological polar surface area (TPSA) is 110 Å². The lowest BCUT2D eigenvalue weighted by Crippen LogP contribution is -2.47. The number of nitrogen functional groups attached to an aromatic ring is 1. The lowest BCUT2D eigenvalue weighted by Gasteiger charge is -2.22. The zero-order chi connectivity index (χ0) is 12.4. The quantitative estimate of drug-likeness (QED) is 0.665. The fourth-order valence-corrected chi connectivity index (χ4v) is 1.78. The number of hydrogen-bond acceptors (Lipinski definition) is 6. The largest absolute Gasteiger partial charge is 0.368 e. The second-order valence-electron chi connectivity index (χ2n) is 3.57. The molecule has 8 heteroatoms. The Kier molecular flexibility index (Phi) is 3.23. The van der Waals surface area contributed by atoms with Crippen LogP contribution >= 0.6 is 15.9 Å². The van der Waals surface area contributed by atoms with Crippen molar-refractivity contribution in [2.75, 3.05) is 11.1 Å². The van der Waals surface area contributed by atoms with Crippen molar-refractivity contribution in [1.82, 2.24) is 15.3 Å². The Hall–Kier alpha value is -1.70. The van der Waals surface area contributed by atoms with Gasteiger partial charge in [0.1, 0.15) is 11.9 Å². The summed E-state index contributed by atoms with van der Waals surface area (Å²) in [6.45, 7) is 0. The zero-order valence-corrected chi connectivity index (χ0v) is 10.3. The van der Waals surface area contributed by atoms with Crippen LogP contribution in [0.1, 0.15) is 12.8 Å². The molecule has 0 spiro atoms. The van der Waals surface area contributed by atoms with Crippen molar-refractivity contribution in [3.63, 3.8) is 0 Å². The monoisotopic (exact) mass is 299 g/mol. The van der Waals surface area contributed by atoms with Crippen LogP contribution in [0.4, 0.5) is 11.8 Å². The first-order valence-corrected chi connectivity index (χ1v) is 5.74. The van der Waals surface area contributed by atoms with Gasteiger partial charge in [-0.3, -0.25) is 14.9 Å². The molecule has 0 aliphatic carbocycles. The number of anilines is 2. The van der Waals surface area contributed by atoms with Crippen molar-refractivity contribution in [3.05, 3.63) is 10.7 Å². The molecule has 17 heavy (non-hydrogen) atoms. The number of nitrogens with one attached hydrogen (secondary N) is 2. The minimum Gasteiger partial charge on any atom is -0.368 e. The molecule has 0 saturated carbocycles. The number of carbonyl (C=O) groups excluding carboxylic acids is 2. The average molecular weight is 300 g/mol. The fourth-order valence-electron chi connectivity index (χ4n) is 1.48. The van der Waals surface area contributed by atoms with Gasteiger partial charge in [0.05, 0.1) is 4.47 Å². The Bertz CT molecular complexity index is 478. The lowest BCUT2D eigenvalue weighted by atomic mass is 10.1. The molecule has 1 saturated heterocycles. The minimum absolute atomic E-state index is 0.114. The summed E-state index contributed by atoms with van der Waals surface area (Å²) in [6, 6.07) is -0.488. The van der Waals surface area contributed by atoms with Crippen LogP contribution in [0.3, 0.4) is 0 Å². The number of halogens is 1. The zero-order valence-electron chi connectivity index (χ0n) is 8.74. The Labute approximate surface area is 105 Å². The molecule has 1 aliphatic heterocycles. The fraction of sp³-hybridized carbons (Fsp3) is 0.333. The summed E-state index contributed by atoms with van der Waals surface area (Å²) in [6.07, 6.45) is 2.24. The lowest BCUT2D eigenvalue weighted by molar-refractivity contribution is -0.133. The molecule has 2 amide bonds. The van der Waals surface area contributed by atoms with Crippen molar-refractivity contribution < 1.29 is 9.59 Å². The number of amides is 2. The van der Waals surface area contributed by atoms with Gasteiger partial charge in [-0.25, -0.2) is 4.98 Å². The number of piperidine rings is 1. The van der Waals surface area contributed by atoms with Crippen LogP contribution in [0.25, 0.3) is 0 Å². The summed E-state index contributed by atoms with van der Waals surface area (Å²) in [7, 11) is 0. The summed E-state index contributed by atoms with van der Waals surface area (Å²) in [4.78, 5) is 30.3. The van der Waals surface area contributed by atoms with E-state index < -0.39 is 6.04 Å². The van der Waals surface area contributed by atoms with Crippen LogP contribution in [0.2, 0.25) is 0 Å². The predicted octanol–water partition coefficient (Wildman–Crippen LogP) is 0.0384. The predicted molar refractivity (Wildman–Crippen MR) is 63.9 cm³/mol. The Balaban J connectivity index is 2.13. The Morgan fingerprint density at radius 3 is 3.00 bits per heavy atom. The third-order valence-electron chi connectivity index (χ3n) is 2.31. The third kappa shape index (κ3) is 2.70. The highest BCUT2D eigenvalue weighted by molar-refractivity contribution is 9.10. The van der Waals surface area contributed by atoms with Crippen LogP contribution in [0.15, 0.2) is 10.7 Å². The molecular formula is C9H10BrN5O2. The molecule has 4 N–H and O–H groups in total. The van der Waals surface area contributed by atoms with Gasteiger partial charge >= 0.3 is 0 Å². The molecule has 1 aromatic rings. The van der Waals surface area contributed by atoms with Crippen molar-refractivity contribution in [2.45, 2.75) is 18.9 Å². The molecule has 1 aliphatic rings. The van der Waals surface area contributed by atoms with Gasteiger partial charge in [-0.05, 0) is 22.4 Å². The molecule has 1 unspecified atom stereocenters. The van der Waals surface area contributed by atoms with E-state index in [1.807, 2.05) is 0 Å². The van der Waals surface area contributed by atoms with Crippen LogP contribution in [0.5, 0.6) is 0 Å². The van der Waals surface area contributed by atoms with Gasteiger partial charge < -0.3 is 11.1 Å². The first kappa shape index (κ1) is 11.8. The van der Waals surface area contributed by atoms with Gasteiger partial charge in [0.25, 0.3) is 0 Å². The third-order valence-corrected chi connectivity index (χ3v) is 2.89.